The molecule has 0 aliphatic heterocycles. The summed E-state index contributed by atoms with van der Waals surface area (Å²) in [5.74, 6) is 0.578. The maximum Gasteiger partial charge on any atom is 0.132 e. The van der Waals surface area contributed by atoms with Crippen molar-refractivity contribution in [1.82, 2.24) is 47.1 Å². The summed E-state index contributed by atoms with van der Waals surface area (Å²) in [5, 5.41) is 54.5. The van der Waals surface area contributed by atoms with Crippen molar-refractivity contribution in [3.05, 3.63) is 392 Å². The van der Waals surface area contributed by atoms with Gasteiger partial charge >= 0.3 is 0 Å². The van der Waals surface area contributed by atoms with Crippen LogP contribution in [0.4, 0.5) is 0 Å². The second-order valence-corrected chi connectivity index (χ2v) is 45.8. The standard InChI is InChI=1S/C30H28N2O.C23H30N4.C22H30N4.C18H31N4P.C18H24N2O.C17H25N3/c1-18-19(2)22(5)32(21(18)4)31-20(3)25-15-10-16-28(30(25)33)29-26-13-8-6-11-23(26)17-24-12-7-9-14-27(24)29;1-13-10-11-22(24-26-18(6)14(2)15(3)19(26)7)23(12-13)25-27-20(8)16(4)17(5)21(27)9;1-12-10-21(23-25-17(6)13(2)14(3)18(25)7)22(11-12)24-26-19(8)15(4)16(5)20(26)9;1-11-12(2)16(6)21(15(11)5)19-23(9,10)20-22-17(7)13(3)14(4)18(22)8;1-10-8-11(2)18(21)17(9-10)14(5)19-20-15(6)12(3)13(4)16(20)7;1-9-12(4)17(18-13(9)5)14(6)19-20-15(7)10(2)11(3)16(20)8/h6-17,33H,1-5H3;10-12,25H,1H2,2-9H3;10,23H,1,11H2,2-9H3;19H,1-10H3;8-9,21H,1-7H3;18H,1-8H3/b31-20+;2*24-22+;;2*19-14+. The van der Waals surface area contributed by atoms with Crippen molar-refractivity contribution in [3.63, 3.8) is 0 Å². The molecule has 2 aliphatic carbocycles. The van der Waals surface area contributed by atoms with E-state index in [0.29, 0.717) is 5.75 Å². The first-order valence-electron chi connectivity index (χ1n) is 52.4. The van der Waals surface area contributed by atoms with Gasteiger partial charge in [0.15, 0.2) is 0 Å². The number of aromatic nitrogens is 10. The first-order chi connectivity index (χ1) is 70.1. The number of rotatable bonds is 16. The van der Waals surface area contributed by atoms with Gasteiger partial charge in [0.2, 0.25) is 0 Å². The highest BCUT2D eigenvalue weighted by molar-refractivity contribution is 7.65. The molecule has 0 radical (unpaired) electrons. The maximum absolute atomic E-state index is 11.5. The average Bonchev–Trinajstić information content (AvgIpc) is 1.28. The number of aromatic amines is 1. The number of aryl methyl sites for hydroxylation is 3. The highest BCUT2D eigenvalue weighted by atomic mass is 31.2. The Bertz CT molecular complexity index is 7990. The first kappa shape index (κ1) is 114. The van der Waals surface area contributed by atoms with Crippen LogP contribution in [0.5, 0.6) is 11.5 Å². The molecule has 0 atom stereocenters. The zero-order valence-corrected chi connectivity index (χ0v) is 100.0. The van der Waals surface area contributed by atoms with Crippen LogP contribution in [0.25, 0.3) is 32.7 Å². The number of H-pyrrole nitrogens is 1. The molecule has 0 spiro atoms. The van der Waals surface area contributed by atoms with Gasteiger partial charge in [-0.05, 0) is 509 Å². The highest BCUT2D eigenvalue weighted by Gasteiger charge is 2.28. The molecule has 0 saturated heterocycles. The number of nitrogens with zero attached hydrogens (tertiary/aromatic N) is 15. The lowest BCUT2D eigenvalue weighted by Gasteiger charge is -2.22. The molecular formula is C128H168N19O2P. The van der Waals surface area contributed by atoms with Crippen molar-refractivity contribution in [1.29, 1.82) is 0 Å². The number of phenols is 2. The molecule has 10 heterocycles. The van der Waals surface area contributed by atoms with Crippen LogP contribution >= 0.6 is 7.21 Å². The largest absolute Gasteiger partial charge is 0.507 e. The number of hydrogen-bond donors (Lipinski definition) is 6. The minimum Gasteiger partial charge on any atom is -0.507 e. The Morgan fingerprint density at radius 3 is 1.07 bits per heavy atom. The van der Waals surface area contributed by atoms with Crippen LogP contribution in [0.1, 0.15) is 275 Å². The third-order valence-electron chi connectivity index (χ3n) is 33.5. The van der Waals surface area contributed by atoms with Crippen LogP contribution in [0, 0.1) is 284 Å². The fourth-order valence-electron chi connectivity index (χ4n) is 20.4. The summed E-state index contributed by atoms with van der Waals surface area (Å²) < 4.78 is 18.8. The molecule has 0 bridgehead atoms. The second kappa shape index (κ2) is 45.2. The Hall–Kier alpha value is -14.3. The molecule has 17 rings (SSSR count). The zero-order valence-electron chi connectivity index (χ0n) is 99.1. The lowest BCUT2D eigenvalue weighted by molar-refractivity contribution is 0.469. The molecule has 0 amide bonds. The zero-order chi connectivity index (χ0) is 111. The number of hydrogen-bond acceptors (Lipinski definition) is 10. The van der Waals surface area contributed by atoms with Crippen molar-refractivity contribution < 1.29 is 10.2 Å². The van der Waals surface area contributed by atoms with Gasteiger partial charge in [0, 0.05) is 137 Å². The normalized spacial score (nSPS) is 13.4. The Balaban J connectivity index is 0.000000161. The lowest BCUT2D eigenvalue weighted by Crippen LogP contribution is -2.24. The fraction of sp³-hybridized carbons (Fsp3) is 0.367. The smallest absolute Gasteiger partial charge is 0.132 e. The molecule has 5 aromatic carbocycles. The summed E-state index contributed by atoms with van der Waals surface area (Å²) in [6, 6.07) is 28.8. The van der Waals surface area contributed by atoms with Gasteiger partial charge in [-0.1, -0.05) is 86.0 Å². The van der Waals surface area contributed by atoms with Gasteiger partial charge in [0.1, 0.15) is 17.2 Å². The van der Waals surface area contributed by atoms with Crippen LogP contribution in [0.15, 0.2) is 175 Å². The molecule has 792 valence electrons. The first-order valence-corrected chi connectivity index (χ1v) is 55.0. The molecule has 21 nitrogen and oxygen atoms in total. The number of phenolic OH excluding ortho intramolecular Hbond substituents is 2. The van der Waals surface area contributed by atoms with Gasteiger partial charge in [0.25, 0.3) is 0 Å². The van der Waals surface area contributed by atoms with Gasteiger partial charge in [-0.2, -0.15) is 30.4 Å². The quantitative estimate of drug-likeness (QED) is 0.0316. The number of aromatic hydroxyl groups is 2. The Labute approximate surface area is 894 Å². The molecule has 10 aromatic heterocycles. The predicted molar refractivity (Wildman–Crippen MR) is 643 cm³/mol. The molecule has 15 aromatic rings. The Morgan fingerprint density at radius 1 is 0.333 bits per heavy atom. The summed E-state index contributed by atoms with van der Waals surface area (Å²) in [5.41, 5.74) is 71.3. The van der Waals surface area contributed by atoms with Crippen molar-refractivity contribution in [2.24, 2.45) is 30.4 Å². The van der Waals surface area contributed by atoms with Gasteiger partial charge in [-0.25, -0.2) is 28.1 Å². The molecule has 6 N–H and O–H groups in total. The molecule has 2 aliphatic rings. The van der Waals surface area contributed by atoms with Crippen LogP contribution in [0.2, 0.25) is 0 Å². The number of fused-ring (bicyclic) bond motifs is 2. The topological polar surface area (TPSA) is 211 Å². The molecule has 0 fully saturated rings. The average molecular weight is 2040 g/mol. The molecule has 0 unspecified atom stereocenters. The summed E-state index contributed by atoms with van der Waals surface area (Å²) >= 11 is 0. The Kier molecular flexibility index (Phi) is 34.5. The fourth-order valence-corrected chi connectivity index (χ4v) is 21.9. The predicted octanol–water partition coefficient (Wildman–Crippen LogP) is 31.6. The molecule has 0 saturated carbocycles. The van der Waals surface area contributed by atoms with Gasteiger partial charge in [-0.3, -0.25) is 30.1 Å². The van der Waals surface area contributed by atoms with E-state index in [4.69, 9.17) is 30.4 Å². The van der Waals surface area contributed by atoms with Crippen molar-refractivity contribution in [3.8, 4) is 22.6 Å². The summed E-state index contributed by atoms with van der Waals surface area (Å²) in [4.78, 5) is 8.53. The third-order valence-corrected chi connectivity index (χ3v) is 34.9. The van der Waals surface area contributed by atoms with Crippen LogP contribution in [-0.4, -0.2) is 99.2 Å². The lowest BCUT2D eigenvalue weighted by atomic mass is 9.90. The van der Waals surface area contributed by atoms with E-state index in [1.807, 2.05) is 84.2 Å². The van der Waals surface area contributed by atoms with Crippen LogP contribution in [-0.2, 0) is 0 Å². The van der Waals surface area contributed by atoms with Crippen molar-refractivity contribution in [2.75, 3.05) is 29.4 Å². The molecular weight excluding hydrogens is 1870 g/mol. The Morgan fingerprint density at radius 2 is 0.680 bits per heavy atom. The van der Waals surface area contributed by atoms with Gasteiger partial charge in [-0.15, -0.1) is 0 Å². The SMILES string of the molecule is C/C(=N\n1c(C)c(C)c(C)c1C)c1[nH]c(C)c(C)c1C.C/C(=N\n1c(C)c(C)c(C)c1C)c1cc(C)cc(C)c1O.C/C(=N\n1c(C)c(C)c(C)c1C)c1cccc(-c2c3ccccc3cc3ccccc23)c1O.C=C1C=C(Nn2c(C)c(C)c(C)c2C)/C(=N/n2c(C)c(C)c(C)c2C)C1.C=C1C=C/C(=N\n2c(C)c(C)c(C)c2C)C(Nn2c(C)c(C)c(C)c2C)=C1.Cc1c(C)c(C)n(N=P(C)(C)Nn2c(C)c(C)c(C)c2C)c1C. The third kappa shape index (κ3) is 22.3. The number of allylic oxidation sites excluding steroid dienone is 7. The van der Waals surface area contributed by atoms with Gasteiger partial charge in [0.05, 0.1) is 47.1 Å². The minimum atomic E-state index is -1.71. The van der Waals surface area contributed by atoms with Crippen LogP contribution < -0.4 is 16.0 Å². The van der Waals surface area contributed by atoms with Crippen molar-refractivity contribution >= 4 is 57.3 Å². The minimum absolute atomic E-state index is 0.260. The number of para-hydroxylation sites is 1. The van der Waals surface area contributed by atoms with E-state index >= 15 is 0 Å². The van der Waals surface area contributed by atoms with E-state index in [-0.39, 0.29) is 5.75 Å². The van der Waals surface area contributed by atoms with E-state index in [1.54, 1.807) is 0 Å². The summed E-state index contributed by atoms with van der Waals surface area (Å²) in [7, 11) is -1.71. The molecule has 150 heavy (non-hydrogen) atoms. The van der Waals surface area contributed by atoms with Crippen LogP contribution in [0.3, 0.4) is 0 Å². The monoisotopic (exact) mass is 2030 g/mol. The summed E-state index contributed by atoms with van der Waals surface area (Å²) in [6.07, 6.45) is 8.97. The van der Waals surface area contributed by atoms with E-state index in [9.17, 15) is 10.2 Å². The van der Waals surface area contributed by atoms with E-state index in [0.717, 1.165) is 141 Å². The maximum atomic E-state index is 11.5. The second-order valence-electron chi connectivity index (χ2n) is 42.7. The number of benzene rings is 5. The number of nitrogens with one attached hydrogen (secondary N) is 4. The van der Waals surface area contributed by atoms with E-state index in [1.165, 1.54) is 197 Å². The molecule has 22 heteroatoms. The van der Waals surface area contributed by atoms with E-state index < -0.39 is 7.21 Å². The van der Waals surface area contributed by atoms with Crippen molar-refractivity contribution in [2.45, 2.75) is 311 Å². The highest BCUT2D eigenvalue weighted by Crippen LogP contribution is 2.45. The van der Waals surface area contributed by atoms with E-state index in [2.05, 4.69) is 419 Å². The van der Waals surface area contributed by atoms with Gasteiger partial charge < -0.3 is 15.2 Å². The summed E-state index contributed by atoms with van der Waals surface area (Å²) in [6.45, 7) is 106.